The van der Waals surface area contributed by atoms with E-state index < -0.39 is 29.7 Å². The van der Waals surface area contributed by atoms with Crippen LogP contribution >= 0.6 is 23.2 Å². The van der Waals surface area contributed by atoms with Crippen LogP contribution in [-0.2, 0) is 14.3 Å². The number of carbonyl (C=O) groups excluding carboxylic acids is 3. The highest BCUT2D eigenvalue weighted by Crippen LogP contribution is 2.26. The molecule has 1 fully saturated rings. The van der Waals surface area contributed by atoms with Gasteiger partial charge in [0.15, 0.2) is 6.10 Å². The first kappa shape index (κ1) is 23.0. The van der Waals surface area contributed by atoms with Crippen LogP contribution in [0.15, 0.2) is 42.5 Å². The van der Waals surface area contributed by atoms with E-state index in [2.05, 4.69) is 5.32 Å². The van der Waals surface area contributed by atoms with Gasteiger partial charge in [0.1, 0.15) is 5.82 Å². The van der Waals surface area contributed by atoms with Gasteiger partial charge in [-0.25, -0.2) is 4.39 Å². The van der Waals surface area contributed by atoms with Gasteiger partial charge < -0.3 is 15.0 Å². The van der Waals surface area contributed by atoms with Crippen molar-refractivity contribution in [1.82, 2.24) is 4.90 Å². The van der Waals surface area contributed by atoms with Crippen molar-refractivity contribution in [2.45, 2.75) is 25.9 Å². The highest BCUT2D eigenvalue weighted by Gasteiger charge is 2.31. The Kier molecular flexibility index (Phi) is 7.51. The third-order valence-electron chi connectivity index (χ3n) is 5.06. The fourth-order valence-electron chi connectivity index (χ4n) is 3.24. The molecule has 3 rings (SSSR count). The van der Waals surface area contributed by atoms with Gasteiger partial charge in [0, 0.05) is 23.7 Å². The minimum Gasteiger partial charge on any atom is -0.452 e. The summed E-state index contributed by atoms with van der Waals surface area (Å²) in [6, 6.07) is 9.99. The lowest BCUT2D eigenvalue weighted by Crippen LogP contribution is -2.41. The van der Waals surface area contributed by atoms with E-state index >= 15 is 0 Å². The molecular formula is C22H21Cl2FN2O4. The number of hydrogen-bond donors (Lipinski definition) is 1. The van der Waals surface area contributed by atoms with E-state index in [1.165, 1.54) is 37.3 Å². The number of carbonyl (C=O) groups is 3. The summed E-state index contributed by atoms with van der Waals surface area (Å²) in [7, 11) is 0. The average Bonchev–Trinajstić information content (AvgIpc) is 2.76. The van der Waals surface area contributed by atoms with Crippen LogP contribution in [0.3, 0.4) is 0 Å². The van der Waals surface area contributed by atoms with Crippen molar-refractivity contribution in [3.8, 4) is 0 Å². The maximum atomic E-state index is 13.0. The molecule has 9 heteroatoms. The summed E-state index contributed by atoms with van der Waals surface area (Å²) in [6.45, 7) is 2.21. The molecule has 0 saturated carbocycles. The van der Waals surface area contributed by atoms with Crippen molar-refractivity contribution in [1.29, 1.82) is 0 Å². The second-order valence-corrected chi connectivity index (χ2v) is 8.11. The van der Waals surface area contributed by atoms with E-state index in [1.807, 2.05) is 0 Å². The summed E-state index contributed by atoms with van der Waals surface area (Å²) in [5, 5.41) is 3.31. The van der Waals surface area contributed by atoms with Gasteiger partial charge in [-0.1, -0.05) is 23.2 Å². The maximum absolute atomic E-state index is 13.0. The second-order valence-electron chi connectivity index (χ2n) is 7.27. The molecule has 1 N–H and O–H groups in total. The van der Waals surface area contributed by atoms with Crippen LogP contribution in [0, 0.1) is 11.7 Å². The van der Waals surface area contributed by atoms with Crippen molar-refractivity contribution in [2.24, 2.45) is 5.92 Å². The number of benzene rings is 2. The lowest BCUT2D eigenvalue weighted by molar-refractivity contribution is -0.158. The van der Waals surface area contributed by atoms with Crippen LogP contribution in [0.1, 0.15) is 30.1 Å². The highest BCUT2D eigenvalue weighted by molar-refractivity contribution is 6.35. The first-order valence-electron chi connectivity index (χ1n) is 9.76. The van der Waals surface area contributed by atoms with E-state index in [1.54, 1.807) is 17.0 Å². The van der Waals surface area contributed by atoms with Crippen LogP contribution in [0.25, 0.3) is 0 Å². The molecule has 0 radical (unpaired) electrons. The molecular weight excluding hydrogens is 446 g/mol. The predicted molar refractivity (Wildman–Crippen MR) is 116 cm³/mol. The monoisotopic (exact) mass is 466 g/mol. The molecule has 1 atom stereocenters. The number of nitrogens with zero attached hydrogens (tertiary/aromatic N) is 1. The summed E-state index contributed by atoms with van der Waals surface area (Å²) >= 11 is 11.9. The van der Waals surface area contributed by atoms with Crippen molar-refractivity contribution in [3.05, 3.63) is 63.9 Å². The normalized spacial score (nSPS) is 15.3. The second kappa shape index (κ2) is 10.1. The van der Waals surface area contributed by atoms with E-state index in [0.29, 0.717) is 47.2 Å². The van der Waals surface area contributed by atoms with Gasteiger partial charge in [0.2, 0.25) is 0 Å². The molecule has 31 heavy (non-hydrogen) atoms. The molecule has 0 spiro atoms. The smallest absolute Gasteiger partial charge is 0.309 e. The number of ether oxygens (including phenoxy) is 1. The molecule has 1 heterocycles. The Hall–Kier alpha value is -2.64. The topological polar surface area (TPSA) is 75.7 Å². The van der Waals surface area contributed by atoms with Crippen molar-refractivity contribution >= 4 is 46.7 Å². The van der Waals surface area contributed by atoms with Gasteiger partial charge in [-0.15, -0.1) is 0 Å². The Morgan fingerprint density at radius 2 is 1.74 bits per heavy atom. The molecule has 1 unspecified atom stereocenters. The zero-order valence-corrected chi connectivity index (χ0v) is 18.3. The Morgan fingerprint density at radius 3 is 2.39 bits per heavy atom. The number of rotatable bonds is 5. The van der Waals surface area contributed by atoms with Crippen molar-refractivity contribution < 1.29 is 23.5 Å². The highest BCUT2D eigenvalue weighted by atomic mass is 35.5. The quantitative estimate of drug-likeness (QED) is 0.655. The minimum absolute atomic E-state index is 0.210. The summed E-state index contributed by atoms with van der Waals surface area (Å²) in [6.07, 6.45) is -0.193. The number of nitrogens with one attached hydrogen (secondary N) is 1. The largest absolute Gasteiger partial charge is 0.452 e. The summed E-state index contributed by atoms with van der Waals surface area (Å²) < 4.78 is 18.4. The molecule has 0 aromatic heterocycles. The molecule has 0 aliphatic carbocycles. The lowest BCUT2D eigenvalue weighted by Gasteiger charge is -2.31. The summed E-state index contributed by atoms with van der Waals surface area (Å²) in [5.41, 5.74) is 0.724. The van der Waals surface area contributed by atoms with Gasteiger partial charge in [-0.2, -0.15) is 0 Å². The standard InChI is InChI=1S/C22H21Cl2FN2O4/c1-13(20(28)26-19-12-16(23)4-7-18(19)24)31-22(30)15-8-10-27(11-9-15)21(29)14-2-5-17(25)6-3-14/h2-7,12-13,15H,8-11H2,1H3,(H,26,28). The minimum atomic E-state index is -1.03. The number of esters is 1. The fraction of sp³-hybridized carbons (Fsp3) is 0.318. The van der Waals surface area contributed by atoms with Crippen LogP contribution in [0.4, 0.5) is 10.1 Å². The Balaban J connectivity index is 1.50. The van der Waals surface area contributed by atoms with Crippen LogP contribution in [-0.4, -0.2) is 41.9 Å². The molecule has 1 saturated heterocycles. The number of likely N-dealkylation sites (tertiary alicyclic amines) is 1. The molecule has 2 aromatic rings. The third kappa shape index (κ3) is 5.95. The van der Waals surface area contributed by atoms with Crippen molar-refractivity contribution in [3.63, 3.8) is 0 Å². The van der Waals surface area contributed by atoms with E-state index in [9.17, 15) is 18.8 Å². The van der Waals surface area contributed by atoms with Crippen LogP contribution < -0.4 is 5.32 Å². The summed E-state index contributed by atoms with van der Waals surface area (Å²) in [4.78, 5) is 38.9. The van der Waals surface area contributed by atoms with E-state index in [4.69, 9.17) is 27.9 Å². The molecule has 164 valence electrons. The number of hydrogen-bond acceptors (Lipinski definition) is 4. The maximum Gasteiger partial charge on any atom is 0.309 e. The molecule has 0 bridgehead atoms. The molecule has 1 aliphatic heterocycles. The number of piperidine rings is 1. The fourth-order valence-corrected chi connectivity index (χ4v) is 3.58. The number of amides is 2. The van der Waals surface area contributed by atoms with Crippen molar-refractivity contribution in [2.75, 3.05) is 18.4 Å². The first-order valence-corrected chi connectivity index (χ1v) is 10.5. The Bertz CT molecular complexity index is 976. The van der Waals surface area contributed by atoms with E-state index in [-0.39, 0.29) is 5.91 Å². The molecule has 2 amide bonds. The molecule has 6 nitrogen and oxygen atoms in total. The van der Waals surface area contributed by atoms with Gasteiger partial charge in [0.25, 0.3) is 11.8 Å². The van der Waals surface area contributed by atoms with Gasteiger partial charge in [-0.05, 0) is 62.2 Å². The summed E-state index contributed by atoms with van der Waals surface area (Å²) in [5.74, 6) is -2.05. The van der Waals surface area contributed by atoms with Gasteiger partial charge in [0.05, 0.1) is 16.6 Å². The predicted octanol–water partition coefficient (Wildman–Crippen LogP) is 4.56. The Morgan fingerprint density at radius 1 is 1.10 bits per heavy atom. The SMILES string of the molecule is CC(OC(=O)C1CCN(C(=O)c2ccc(F)cc2)CC1)C(=O)Nc1cc(Cl)ccc1Cl. The third-order valence-corrected chi connectivity index (χ3v) is 5.62. The zero-order chi connectivity index (χ0) is 22.5. The zero-order valence-electron chi connectivity index (χ0n) is 16.7. The van der Waals surface area contributed by atoms with Gasteiger partial charge >= 0.3 is 5.97 Å². The number of anilines is 1. The van der Waals surface area contributed by atoms with Gasteiger partial charge in [-0.3, -0.25) is 14.4 Å². The first-order chi connectivity index (χ1) is 14.7. The van der Waals surface area contributed by atoms with Crippen LogP contribution in [0.2, 0.25) is 10.0 Å². The molecule has 2 aromatic carbocycles. The van der Waals surface area contributed by atoms with E-state index in [0.717, 1.165) is 0 Å². The average molecular weight is 467 g/mol. The lowest BCUT2D eigenvalue weighted by atomic mass is 9.96. The number of halogens is 3. The Labute approximate surface area is 189 Å². The van der Waals surface area contributed by atoms with Crippen LogP contribution in [0.5, 0.6) is 0 Å². The molecule has 1 aliphatic rings.